The quantitative estimate of drug-likeness (QED) is 0.784. The Morgan fingerprint density at radius 3 is 2.48 bits per heavy atom. The maximum Gasteiger partial charge on any atom is 0.245 e. The maximum atomic E-state index is 12.3. The van der Waals surface area contributed by atoms with Gasteiger partial charge in [0, 0.05) is 10.6 Å². The maximum absolute atomic E-state index is 12.3. The summed E-state index contributed by atoms with van der Waals surface area (Å²) in [5, 5.41) is 11.6. The lowest BCUT2D eigenvalue weighted by Crippen LogP contribution is -2.37. The van der Waals surface area contributed by atoms with E-state index < -0.39 is 15.9 Å². The number of benzene rings is 2. The van der Waals surface area contributed by atoms with Gasteiger partial charge in [-0.2, -0.15) is 5.26 Å². The standard InChI is InChI=1S/C17H17N3O3S2/c1-24-16-8-6-14(7-9-16)19-17(21)12-20(25(2,22)23)15-5-3-4-13(10-15)11-18/h3-10H,12H2,1-2H3,(H,19,21). The average molecular weight is 375 g/mol. The molecule has 0 aliphatic rings. The first-order chi connectivity index (χ1) is 11.8. The summed E-state index contributed by atoms with van der Waals surface area (Å²) in [5.74, 6) is -0.468. The van der Waals surface area contributed by atoms with Gasteiger partial charge in [-0.25, -0.2) is 8.42 Å². The summed E-state index contributed by atoms with van der Waals surface area (Å²) in [5.41, 5.74) is 1.18. The van der Waals surface area contributed by atoms with Crippen molar-refractivity contribution in [1.29, 1.82) is 5.26 Å². The van der Waals surface area contributed by atoms with E-state index in [0.29, 0.717) is 11.3 Å². The van der Waals surface area contributed by atoms with Gasteiger partial charge in [0.1, 0.15) is 6.54 Å². The Balaban J connectivity index is 2.19. The molecule has 0 atom stereocenters. The van der Waals surface area contributed by atoms with E-state index in [0.717, 1.165) is 15.5 Å². The molecule has 1 amide bonds. The van der Waals surface area contributed by atoms with Crippen molar-refractivity contribution in [2.45, 2.75) is 4.90 Å². The van der Waals surface area contributed by atoms with Crippen LogP contribution < -0.4 is 9.62 Å². The predicted molar refractivity (Wildman–Crippen MR) is 100 cm³/mol. The van der Waals surface area contributed by atoms with E-state index >= 15 is 0 Å². The lowest BCUT2D eigenvalue weighted by Gasteiger charge is -2.22. The van der Waals surface area contributed by atoms with Crippen molar-refractivity contribution < 1.29 is 13.2 Å². The van der Waals surface area contributed by atoms with Crippen LogP contribution in [0.3, 0.4) is 0 Å². The molecule has 2 aromatic carbocycles. The number of nitriles is 1. The molecule has 0 saturated heterocycles. The Morgan fingerprint density at radius 1 is 1.24 bits per heavy atom. The highest BCUT2D eigenvalue weighted by Crippen LogP contribution is 2.20. The minimum absolute atomic E-state index is 0.273. The Bertz CT molecular complexity index is 903. The number of nitrogens with one attached hydrogen (secondary N) is 1. The zero-order valence-electron chi connectivity index (χ0n) is 13.8. The summed E-state index contributed by atoms with van der Waals surface area (Å²) in [6.45, 7) is -0.377. The van der Waals surface area contributed by atoms with E-state index in [4.69, 9.17) is 5.26 Å². The van der Waals surface area contributed by atoms with Gasteiger partial charge in [-0.1, -0.05) is 6.07 Å². The number of anilines is 2. The first-order valence-electron chi connectivity index (χ1n) is 7.25. The molecule has 0 radical (unpaired) electrons. The predicted octanol–water partition coefficient (Wildman–Crippen LogP) is 2.68. The molecule has 0 unspecified atom stereocenters. The van der Waals surface area contributed by atoms with Crippen molar-refractivity contribution >= 4 is 39.1 Å². The first-order valence-corrected chi connectivity index (χ1v) is 10.3. The monoisotopic (exact) mass is 375 g/mol. The van der Waals surface area contributed by atoms with Gasteiger partial charge in [-0.15, -0.1) is 11.8 Å². The van der Waals surface area contributed by atoms with Crippen LogP contribution in [0.1, 0.15) is 5.56 Å². The van der Waals surface area contributed by atoms with E-state index in [1.165, 1.54) is 6.07 Å². The van der Waals surface area contributed by atoms with Crippen molar-refractivity contribution in [3.05, 3.63) is 54.1 Å². The molecule has 0 saturated carbocycles. The fourth-order valence-electron chi connectivity index (χ4n) is 2.14. The van der Waals surface area contributed by atoms with Crippen molar-refractivity contribution in [2.75, 3.05) is 28.7 Å². The van der Waals surface area contributed by atoms with Crippen LogP contribution >= 0.6 is 11.8 Å². The van der Waals surface area contributed by atoms with Gasteiger partial charge in [0.05, 0.1) is 23.6 Å². The summed E-state index contributed by atoms with van der Waals surface area (Å²) < 4.78 is 25.1. The van der Waals surface area contributed by atoms with E-state index in [2.05, 4.69) is 5.32 Å². The molecule has 0 aliphatic heterocycles. The highest BCUT2D eigenvalue weighted by molar-refractivity contribution is 7.98. The molecular formula is C17H17N3O3S2. The molecule has 2 aromatic rings. The van der Waals surface area contributed by atoms with E-state index in [-0.39, 0.29) is 12.2 Å². The molecule has 25 heavy (non-hydrogen) atoms. The first kappa shape index (κ1) is 18.8. The van der Waals surface area contributed by atoms with E-state index in [1.807, 2.05) is 24.5 Å². The second-order valence-electron chi connectivity index (χ2n) is 5.21. The molecule has 8 heteroatoms. The van der Waals surface area contributed by atoms with Crippen LogP contribution in [0.15, 0.2) is 53.4 Å². The third kappa shape index (κ3) is 5.24. The van der Waals surface area contributed by atoms with E-state index in [1.54, 1.807) is 42.1 Å². The summed E-state index contributed by atoms with van der Waals surface area (Å²) in [6, 6.07) is 15.3. The number of hydrogen-bond acceptors (Lipinski definition) is 5. The highest BCUT2D eigenvalue weighted by Gasteiger charge is 2.21. The van der Waals surface area contributed by atoms with Crippen molar-refractivity contribution in [1.82, 2.24) is 0 Å². The van der Waals surface area contributed by atoms with Crippen LogP contribution in [-0.2, 0) is 14.8 Å². The molecule has 0 heterocycles. The van der Waals surface area contributed by atoms with Crippen molar-refractivity contribution in [3.8, 4) is 6.07 Å². The molecule has 0 aromatic heterocycles. The Kier molecular flexibility index (Phi) is 6.07. The summed E-state index contributed by atoms with van der Waals surface area (Å²) in [6.07, 6.45) is 2.97. The number of nitrogens with zero attached hydrogens (tertiary/aromatic N) is 2. The van der Waals surface area contributed by atoms with Crippen LogP contribution in [0.2, 0.25) is 0 Å². The fraction of sp³-hybridized carbons (Fsp3) is 0.176. The van der Waals surface area contributed by atoms with Crippen LogP contribution in [-0.4, -0.2) is 33.4 Å². The SMILES string of the molecule is CSc1ccc(NC(=O)CN(c2cccc(C#N)c2)S(C)(=O)=O)cc1. The second-order valence-corrected chi connectivity index (χ2v) is 7.99. The molecule has 0 bridgehead atoms. The number of rotatable bonds is 6. The van der Waals surface area contributed by atoms with Crippen LogP contribution in [0, 0.1) is 11.3 Å². The van der Waals surface area contributed by atoms with Gasteiger partial charge >= 0.3 is 0 Å². The van der Waals surface area contributed by atoms with Crippen LogP contribution in [0.25, 0.3) is 0 Å². The zero-order chi connectivity index (χ0) is 18.4. The fourth-order valence-corrected chi connectivity index (χ4v) is 3.39. The smallest absolute Gasteiger partial charge is 0.245 e. The molecule has 0 fully saturated rings. The summed E-state index contributed by atoms with van der Waals surface area (Å²) >= 11 is 1.58. The molecule has 1 N–H and O–H groups in total. The third-order valence-electron chi connectivity index (χ3n) is 3.32. The van der Waals surface area contributed by atoms with Gasteiger partial charge in [0.15, 0.2) is 0 Å². The number of carbonyl (C=O) groups is 1. The zero-order valence-corrected chi connectivity index (χ0v) is 15.4. The molecule has 130 valence electrons. The minimum Gasteiger partial charge on any atom is -0.325 e. The van der Waals surface area contributed by atoms with Gasteiger partial charge < -0.3 is 5.32 Å². The highest BCUT2D eigenvalue weighted by atomic mass is 32.2. The van der Waals surface area contributed by atoms with Crippen LogP contribution in [0.4, 0.5) is 11.4 Å². The number of carbonyl (C=O) groups excluding carboxylic acids is 1. The van der Waals surface area contributed by atoms with Gasteiger partial charge in [0.25, 0.3) is 0 Å². The number of amides is 1. The normalized spacial score (nSPS) is 10.8. The Morgan fingerprint density at radius 2 is 1.92 bits per heavy atom. The molecular weight excluding hydrogens is 358 g/mol. The Labute approximate surface area is 151 Å². The number of sulfonamides is 1. The second kappa shape index (κ2) is 8.05. The Hall–Kier alpha value is -2.50. The van der Waals surface area contributed by atoms with Gasteiger partial charge in [-0.05, 0) is 48.7 Å². The largest absolute Gasteiger partial charge is 0.325 e. The van der Waals surface area contributed by atoms with Gasteiger partial charge in [0.2, 0.25) is 15.9 Å². The van der Waals surface area contributed by atoms with Crippen LogP contribution in [0.5, 0.6) is 0 Å². The lowest BCUT2D eigenvalue weighted by atomic mass is 10.2. The molecule has 2 rings (SSSR count). The minimum atomic E-state index is -3.68. The van der Waals surface area contributed by atoms with Crippen molar-refractivity contribution in [3.63, 3.8) is 0 Å². The number of thioether (sulfide) groups is 1. The molecule has 0 spiro atoms. The third-order valence-corrected chi connectivity index (χ3v) is 5.21. The summed E-state index contributed by atoms with van der Waals surface area (Å²) in [4.78, 5) is 13.3. The number of hydrogen-bond donors (Lipinski definition) is 1. The molecule has 0 aliphatic carbocycles. The topological polar surface area (TPSA) is 90.3 Å². The summed E-state index contributed by atoms with van der Waals surface area (Å²) in [7, 11) is -3.68. The van der Waals surface area contributed by atoms with Gasteiger partial charge in [-0.3, -0.25) is 9.10 Å². The molecule has 6 nitrogen and oxygen atoms in total. The average Bonchev–Trinajstić information content (AvgIpc) is 2.59. The van der Waals surface area contributed by atoms with E-state index in [9.17, 15) is 13.2 Å². The lowest BCUT2D eigenvalue weighted by molar-refractivity contribution is -0.114. The van der Waals surface area contributed by atoms with Crippen molar-refractivity contribution in [2.24, 2.45) is 0 Å².